The number of fused-ring (bicyclic) bond motifs is 1. The van der Waals surface area contributed by atoms with E-state index in [4.69, 9.17) is 15.6 Å². The molecule has 1 aliphatic rings. The van der Waals surface area contributed by atoms with Gasteiger partial charge >= 0.3 is 12.1 Å². The molecule has 1 aromatic heterocycles. The number of benzene rings is 2. The lowest BCUT2D eigenvalue weighted by Gasteiger charge is -2.31. The number of carboxylic acids is 1. The number of nitrogens with one attached hydrogen (secondary N) is 1. The van der Waals surface area contributed by atoms with Crippen LogP contribution in [0.4, 0.5) is 17.6 Å². The second kappa shape index (κ2) is 12.6. The Morgan fingerprint density at radius 3 is 2.20 bits per heavy atom. The molecule has 2 aromatic carbocycles. The predicted octanol–water partition coefficient (Wildman–Crippen LogP) is 4.30. The smallest absolute Gasteiger partial charge is 0.475 e. The molecule has 1 amide bonds. The number of hydrogen-bond donors (Lipinski definition) is 3. The molecule has 9 nitrogen and oxygen atoms in total. The summed E-state index contributed by atoms with van der Waals surface area (Å²) in [5.41, 5.74) is 9.96. The van der Waals surface area contributed by atoms with Crippen molar-refractivity contribution in [1.29, 1.82) is 0 Å². The third-order valence-electron chi connectivity index (χ3n) is 6.77. The van der Waals surface area contributed by atoms with Crippen LogP contribution in [0.2, 0.25) is 0 Å². The highest BCUT2D eigenvalue weighted by Crippen LogP contribution is 2.37. The number of rotatable bonds is 7. The van der Waals surface area contributed by atoms with Crippen LogP contribution in [-0.4, -0.2) is 78.7 Å². The number of alkyl halides is 3. The standard InChI is InChI=1S/C25H31FN4O3S.C2HF3O2/c1-4-34(32,33)30-7-5-17(6-8-30)23-14-28-24-21(23)12-19(13-22(24)25(27)31)18-9-16(15-29(2)3)10-20(26)11-18;3-2(4,5)1(6)7/h9-14,17,28H,4-8,15H2,1-3H3,(H2,27,31);(H,6,7). The van der Waals surface area contributed by atoms with E-state index in [2.05, 4.69) is 4.98 Å². The molecule has 0 radical (unpaired) electrons. The largest absolute Gasteiger partial charge is 0.490 e. The first kappa shape index (κ1) is 32.0. The number of amides is 1. The number of aromatic amines is 1. The first-order valence-electron chi connectivity index (χ1n) is 12.7. The topological polar surface area (TPSA) is 137 Å². The van der Waals surface area contributed by atoms with E-state index in [-0.39, 0.29) is 17.5 Å². The lowest BCUT2D eigenvalue weighted by Crippen LogP contribution is -2.38. The minimum atomic E-state index is -5.08. The minimum Gasteiger partial charge on any atom is -0.475 e. The van der Waals surface area contributed by atoms with E-state index in [9.17, 15) is 30.8 Å². The van der Waals surface area contributed by atoms with E-state index >= 15 is 0 Å². The van der Waals surface area contributed by atoms with Crippen molar-refractivity contribution in [3.05, 3.63) is 59.0 Å². The summed E-state index contributed by atoms with van der Waals surface area (Å²) in [6, 6.07) is 8.57. The molecule has 14 heteroatoms. The number of hydrogen-bond acceptors (Lipinski definition) is 5. The number of aliphatic carboxylic acids is 1. The maximum atomic E-state index is 14.4. The molecule has 4 rings (SSSR count). The lowest BCUT2D eigenvalue weighted by molar-refractivity contribution is -0.192. The van der Waals surface area contributed by atoms with Gasteiger partial charge in [0, 0.05) is 31.2 Å². The summed E-state index contributed by atoms with van der Waals surface area (Å²) in [6.45, 7) is 3.18. The molecule has 41 heavy (non-hydrogen) atoms. The molecule has 0 unspecified atom stereocenters. The fourth-order valence-corrected chi connectivity index (χ4v) is 5.99. The Bertz CT molecular complexity index is 1530. The summed E-state index contributed by atoms with van der Waals surface area (Å²) in [5, 5.41) is 7.99. The lowest BCUT2D eigenvalue weighted by atomic mass is 9.88. The highest BCUT2D eigenvalue weighted by Gasteiger charge is 2.38. The molecule has 1 aliphatic heterocycles. The zero-order valence-corrected chi connectivity index (χ0v) is 23.6. The minimum absolute atomic E-state index is 0.0968. The maximum absolute atomic E-state index is 14.4. The Labute approximate surface area is 235 Å². The Morgan fingerprint density at radius 1 is 1.10 bits per heavy atom. The van der Waals surface area contributed by atoms with Crippen molar-refractivity contribution in [1.82, 2.24) is 14.2 Å². The van der Waals surface area contributed by atoms with E-state index in [1.807, 2.05) is 37.3 Å². The van der Waals surface area contributed by atoms with Crippen molar-refractivity contribution < 1.29 is 40.7 Å². The number of carbonyl (C=O) groups excluding carboxylic acids is 1. The van der Waals surface area contributed by atoms with Gasteiger partial charge in [-0.1, -0.05) is 0 Å². The monoisotopic (exact) mass is 600 g/mol. The van der Waals surface area contributed by atoms with Gasteiger partial charge in [0.05, 0.1) is 16.8 Å². The van der Waals surface area contributed by atoms with E-state index in [0.717, 1.165) is 16.5 Å². The molecule has 0 saturated carbocycles. The van der Waals surface area contributed by atoms with Crippen LogP contribution in [0.15, 0.2) is 36.5 Å². The maximum Gasteiger partial charge on any atom is 0.490 e. The van der Waals surface area contributed by atoms with E-state index < -0.39 is 28.1 Å². The van der Waals surface area contributed by atoms with Gasteiger partial charge in [0.1, 0.15) is 5.82 Å². The summed E-state index contributed by atoms with van der Waals surface area (Å²) >= 11 is 0. The van der Waals surface area contributed by atoms with Crippen LogP contribution >= 0.6 is 0 Å². The van der Waals surface area contributed by atoms with Gasteiger partial charge in [0.2, 0.25) is 10.0 Å². The van der Waals surface area contributed by atoms with Gasteiger partial charge in [-0.2, -0.15) is 13.2 Å². The second-order valence-electron chi connectivity index (χ2n) is 10.0. The van der Waals surface area contributed by atoms with E-state index in [1.54, 1.807) is 17.3 Å². The van der Waals surface area contributed by atoms with Crippen LogP contribution in [-0.2, 0) is 21.4 Å². The van der Waals surface area contributed by atoms with Crippen molar-refractivity contribution in [3.8, 4) is 11.1 Å². The van der Waals surface area contributed by atoms with Gasteiger partial charge in [0.25, 0.3) is 5.91 Å². The number of aromatic nitrogens is 1. The van der Waals surface area contributed by atoms with Crippen LogP contribution in [0.3, 0.4) is 0 Å². The Balaban J connectivity index is 0.000000587. The molecule has 0 atom stereocenters. The Kier molecular flexibility index (Phi) is 9.82. The summed E-state index contributed by atoms with van der Waals surface area (Å²) < 4.78 is 72.2. The molecule has 1 fully saturated rings. The van der Waals surface area contributed by atoms with Gasteiger partial charge in [-0.3, -0.25) is 4.79 Å². The van der Waals surface area contributed by atoms with Crippen LogP contribution in [0.25, 0.3) is 22.0 Å². The third-order valence-corrected chi connectivity index (χ3v) is 8.65. The summed E-state index contributed by atoms with van der Waals surface area (Å²) in [4.78, 5) is 26.4. The first-order chi connectivity index (χ1) is 19.0. The molecule has 0 aliphatic carbocycles. The average Bonchev–Trinajstić information content (AvgIpc) is 3.31. The molecule has 2 heterocycles. The SMILES string of the molecule is CCS(=O)(=O)N1CCC(c2c[nH]c3c(C(N)=O)cc(-c4cc(F)cc(CN(C)C)c4)cc23)CC1.O=C(O)C(F)(F)F. The van der Waals surface area contributed by atoms with Gasteiger partial charge < -0.3 is 20.7 Å². The quantitative estimate of drug-likeness (QED) is 0.346. The number of carboxylic acid groups (broad SMARTS) is 1. The van der Waals surface area contributed by atoms with Gasteiger partial charge in [-0.15, -0.1) is 0 Å². The number of halogens is 4. The van der Waals surface area contributed by atoms with Gasteiger partial charge in [0.15, 0.2) is 0 Å². The van der Waals surface area contributed by atoms with Crippen LogP contribution < -0.4 is 5.73 Å². The summed E-state index contributed by atoms with van der Waals surface area (Å²) in [6.07, 6.45) is -1.82. The number of sulfonamides is 1. The van der Waals surface area contributed by atoms with Crippen molar-refractivity contribution in [2.24, 2.45) is 5.73 Å². The number of nitrogens with two attached hydrogens (primary N) is 1. The van der Waals surface area contributed by atoms with Crippen molar-refractivity contribution >= 4 is 32.8 Å². The zero-order chi connectivity index (χ0) is 30.7. The molecular weight excluding hydrogens is 568 g/mol. The van der Waals surface area contributed by atoms with Crippen molar-refractivity contribution in [2.75, 3.05) is 32.9 Å². The molecule has 224 valence electrons. The van der Waals surface area contributed by atoms with Crippen molar-refractivity contribution in [2.45, 2.75) is 38.4 Å². The second-order valence-corrected chi connectivity index (χ2v) is 12.3. The van der Waals surface area contributed by atoms with Gasteiger partial charge in [-0.25, -0.2) is 21.9 Å². The normalized spacial score (nSPS) is 15.1. The molecule has 1 saturated heterocycles. The number of nitrogens with zero attached hydrogens (tertiary/aromatic N) is 2. The highest BCUT2D eigenvalue weighted by molar-refractivity contribution is 7.89. The Hall–Kier alpha value is -3.49. The summed E-state index contributed by atoms with van der Waals surface area (Å²) in [7, 11) is 0.635. The van der Waals surface area contributed by atoms with Crippen LogP contribution in [0, 0.1) is 5.82 Å². The molecule has 0 bridgehead atoms. The zero-order valence-electron chi connectivity index (χ0n) is 22.8. The summed E-state index contributed by atoms with van der Waals surface area (Å²) in [5.74, 6) is -3.42. The average molecular weight is 601 g/mol. The van der Waals surface area contributed by atoms with Gasteiger partial charge in [-0.05, 0) is 92.4 Å². The molecule has 0 spiro atoms. The predicted molar refractivity (Wildman–Crippen MR) is 146 cm³/mol. The number of primary amides is 1. The highest BCUT2D eigenvalue weighted by atomic mass is 32.2. The fraction of sp³-hybridized carbons (Fsp3) is 0.407. The molecule has 3 aromatic rings. The fourth-order valence-electron chi connectivity index (χ4n) is 4.85. The first-order valence-corrected chi connectivity index (χ1v) is 14.3. The Morgan fingerprint density at radius 2 is 1.68 bits per heavy atom. The van der Waals surface area contributed by atoms with E-state index in [0.29, 0.717) is 54.7 Å². The van der Waals surface area contributed by atoms with Crippen LogP contribution in [0.1, 0.15) is 47.2 Å². The number of carbonyl (C=O) groups is 2. The number of piperidine rings is 1. The van der Waals surface area contributed by atoms with Crippen molar-refractivity contribution in [3.63, 3.8) is 0 Å². The van der Waals surface area contributed by atoms with E-state index in [1.165, 1.54) is 12.1 Å². The number of H-pyrrole nitrogens is 1. The molecule has 4 N–H and O–H groups in total. The van der Waals surface area contributed by atoms with Crippen LogP contribution in [0.5, 0.6) is 0 Å². The third kappa shape index (κ3) is 7.83. The molecular formula is C27H32F4N4O5S.